The summed E-state index contributed by atoms with van der Waals surface area (Å²) in [4.78, 5) is 23.0. The van der Waals surface area contributed by atoms with Crippen LogP contribution in [-0.2, 0) is 14.3 Å². The Hall–Kier alpha value is -1.64. The minimum atomic E-state index is -0.742. The fourth-order valence-corrected chi connectivity index (χ4v) is 1.08. The summed E-state index contributed by atoms with van der Waals surface area (Å²) >= 11 is 0. The number of carbonyl (C=O) groups is 2. The fourth-order valence-electron chi connectivity index (χ4n) is 1.08. The van der Waals surface area contributed by atoms with E-state index in [0.29, 0.717) is 5.57 Å². The lowest BCUT2D eigenvalue weighted by molar-refractivity contribution is -0.150. The van der Waals surface area contributed by atoms with Gasteiger partial charge in [-0.25, -0.2) is 0 Å². The second-order valence-corrected chi connectivity index (χ2v) is 3.31. The number of ether oxygens (including phenoxy) is 1. The van der Waals surface area contributed by atoms with Crippen LogP contribution in [0.4, 0.5) is 0 Å². The SMILES string of the molecule is C=C/C=C\C=C(/C)C(=O)C(C)C(=O)OCC. The van der Waals surface area contributed by atoms with Crippen molar-refractivity contribution < 1.29 is 14.3 Å². The van der Waals surface area contributed by atoms with Crippen LogP contribution < -0.4 is 0 Å². The number of carbonyl (C=O) groups excluding carboxylic acids is 2. The van der Waals surface area contributed by atoms with Crippen LogP contribution in [-0.4, -0.2) is 18.4 Å². The first-order chi connectivity index (χ1) is 7.54. The van der Waals surface area contributed by atoms with Gasteiger partial charge in [-0.15, -0.1) is 0 Å². The van der Waals surface area contributed by atoms with Crippen molar-refractivity contribution in [2.45, 2.75) is 20.8 Å². The lowest BCUT2D eigenvalue weighted by Gasteiger charge is -2.09. The normalized spacial score (nSPS) is 13.6. The summed E-state index contributed by atoms with van der Waals surface area (Å²) < 4.78 is 4.78. The van der Waals surface area contributed by atoms with Gasteiger partial charge in [0.25, 0.3) is 0 Å². The predicted octanol–water partition coefficient (Wildman–Crippen LogP) is 2.44. The molecule has 1 unspecified atom stereocenters. The van der Waals surface area contributed by atoms with Crippen molar-refractivity contribution in [2.75, 3.05) is 6.61 Å². The molecule has 1 atom stereocenters. The van der Waals surface area contributed by atoms with E-state index in [-0.39, 0.29) is 12.4 Å². The van der Waals surface area contributed by atoms with E-state index in [9.17, 15) is 9.59 Å². The fraction of sp³-hybridized carbons (Fsp3) is 0.385. The third-order valence-electron chi connectivity index (χ3n) is 2.02. The molecule has 0 bridgehead atoms. The van der Waals surface area contributed by atoms with E-state index in [1.807, 2.05) is 0 Å². The van der Waals surface area contributed by atoms with E-state index in [1.54, 1.807) is 45.1 Å². The Morgan fingerprint density at radius 3 is 2.50 bits per heavy atom. The van der Waals surface area contributed by atoms with Crippen LogP contribution in [0.5, 0.6) is 0 Å². The second-order valence-electron chi connectivity index (χ2n) is 3.31. The van der Waals surface area contributed by atoms with Crippen molar-refractivity contribution in [3.05, 3.63) is 36.5 Å². The monoisotopic (exact) mass is 222 g/mol. The molecule has 0 aromatic carbocycles. The summed E-state index contributed by atoms with van der Waals surface area (Å²) in [6.07, 6.45) is 6.69. The van der Waals surface area contributed by atoms with Crippen molar-refractivity contribution in [2.24, 2.45) is 5.92 Å². The Bertz CT molecular complexity index is 324. The summed E-state index contributed by atoms with van der Waals surface area (Å²) in [7, 11) is 0. The molecule has 0 rings (SSSR count). The van der Waals surface area contributed by atoms with Gasteiger partial charge in [0.05, 0.1) is 6.61 Å². The van der Waals surface area contributed by atoms with E-state index in [1.165, 1.54) is 0 Å². The second kappa shape index (κ2) is 7.63. The summed E-state index contributed by atoms with van der Waals surface area (Å²) in [6, 6.07) is 0. The maximum absolute atomic E-state index is 11.7. The molecule has 0 spiro atoms. The maximum atomic E-state index is 11.7. The molecule has 0 heterocycles. The number of allylic oxidation sites excluding steroid dienone is 5. The van der Waals surface area contributed by atoms with Crippen molar-refractivity contribution >= 4 is 11.8 Å². The van der Waals surface area contributed by atoms with Crippen molar-refractivity contribution in [3.8, 4) is 0 Å². The molecule has 3 nitrogen and oxygen atoms in total. The summed E-state index contributed by atoms with van der Waals surface area (Å²) in [6.45, 7) is 8.74. The average molecular weight is 222 g/mol. The van der Waals surface area contributed by atoms with Gasteiger partial charge in [0.1, 0.15) is 5.92 Å². The molecule has 0 aromatic heterocycles. The van der Waals surface area contributed by atoms with Crippen LogP contribution in [0.2, 0.25) is 0 Å². The molecule has 0 saturated heterocycles. The van der Waals surface area contributed by atoms with Gasteiger partial charge in [0.2, 0.25) is 0 Å². The molecular weight excluding hydrogens is 204 g/mol. The molecule has 0 aliphatic carbocycles. The summed E-state index contributed by atoms with van der Waals surface area (Å²) in [5, 5.41) is 0. The Labute approximate surface area is 96.5 Å². The Kier molecular flexibility index (Phi) is 6.84. The van der Waals surface area contributed by atoms with Crippen LogP contribution in [0.3, 0.4) is 0 Å². The van der Waals surface area contributed by atoms with E-state index in [2.05, 4.69) is 6.58 Å². The predicted molar refractivity (Wildman–Crippen MR) is 63.9 cm³/mol. The first-order valence-electron chi connectivity index (χ1n) is 5.21. The summed E-state index contributed by atoms with van der Waals surface area (Å²) in [5.74, 6) is -1.44. The quantitative estimate of drug-likeness (QED) is 0.300. The lowest BCUT2D eigenvalue weighted by atomic mass is 10.0. The molecule has 3 heteroatoms. The standard InChI is InChI=1S/C13H18O3/c1-5-7-8-9-10(3)12(14)11(4)13(15)16-6-2/h5,7-9,11H,1,6H2,2-4H3/b8-7-,10-9+. The highest BCUT2D eigenvalue weighted by molar-refractivity contribution is 6.07. The Morgan fingerprint density at radius 2 is 2.00 bits per heavy atom. The molecular formula is C13H18O3. The van der Waals surface area contributed by atoms with E-state index >= 15 is 0 Å². The van der Waals surface area contributed by atoms with Crippen LogP contribution in [0, 0.1) is 5.92 Å². The first-order valence-corrected chi connectivity index (χ1v) is 5.21. The molecule has 16 heavy (non-hydrogen) atoms. The zero-order valence-electron chi connectivity index (χ0n) is 10.0. The number of hydrogen-bond donors (Lipinski definition) is 0. The van der Waals surface area contributed by atoms with Gasteiger partial charge in [-0.05, 0) is 26.3 Å². The van der Waals surface area contributed by atoms with Gasteiger partial charge < -0.3 is 4.74 Å². The van der Waals surface area contributed by atoms with Gasteiger partial charge in [-0.2, -0.15) is 0 Å². The van der Waals surface area contributed by atoms with Gasteiger partial charge >= 0.3 is 5.97 Å². The third-order valence-corrected chi connectivity index (χ3v) is 2.02. The van der Waals surface area contributed by atoms with Gasteiger partial charge in [0.15, 0.2) is 5.78 Å². The molecule has 0 fully saturated rings. The number of hydrogen-bond acceptors (Lipinski definition) is 3. The minimum absolute atomic E-state index is 0.216. The third kappa shape index (κ3) is 4.73. The molecule has 0 amide bonds. The highest BCUT2D eigenvalue weighted by atomic mass is 16.5. The minimum Gasteiger partial charge on any atom is -0.465 e. The maximum Gasteiger partial charge on any atom is 0.316 e. The van der Waals surface area contributed by atoms with Crippen molar-refractivity contribution in [1.82, 2.24) is 0 Å². The topological polar surface area (TPSA) is 43.4 Å². The van der Waals surface area contributed by atoms with Crippen LogP contribution in [0.1, 0.15) is 20.8 Å². The van der Waals surface area contributed by atoms with E-state index in [4.69, 9.17) is 4.74 Å². The van der Waals surface area contributed by atoms with Crippen LogP contribution >= 0.6 is 0 Å². The Morgan fingerprint density at radius 1 is 1.38 bits per heavy atom. The van der Waals surface area contributed by atoms with Gasteiger partial charge in [-0.1, -0.05) is 30.9 Å². The highest BCUT2D eigenvalue weighted by Crippen LogP contribution is 2.08. The number of esters is 1. The van der Waals surface area contributed by atoms with Gasteiger partial charge in [0, 0.05) is 0 Å². The van der Waals surface area contributed by atoms with Crippen molar-refractivity contribution in [3.63, 3.8) is 0 Å². The number of rotatable bonds is 6. The van der Waals surface area contributed by atoms with E-state index < -0.39 is 11.9 Å². The Balaban J connectivity index is 4.54. The molecule has 0 saturated carbocycles. The summed E-state index contributed by atoms with van der Waals surface area (Å²) in [5.41, 5.74) is 0.527. The smallest absolute Gasteiger partial charge is 0.316 e. The lowest BCUT2D eigenvalue weighted by Crippen LogP contribution is -2.23. The average Bonchev–Trinajstić information content (AvgIpc) is 2.27. The molecule has 88 valence electrons. The molecule has 0 aromatic rings. The molecule has 0 aliphatic rings. The molecule has 0 N–H and O–H groups in total. The van der Waals surface area contributed by atoms with Crippen LogP contribution in [0.25, 0.3) is 0 Å². The first kappa shape index (κ1) is 14.4. The van der Waals surface area contributed by atoms with E-state index in [0.717, 1.165) is 0 Å². The van der Waals surface area contributed by atoms with Crippen LogP contribution in [0.15, 0.2) is 36.5 Å². The highest BCUT2D eigenvalue weighted by Gasteiger charge is 2.23. The van der Waals surface area contributed by atoms with Gasteiger partial charge in [-0.3, -0.25) is 9.59 Å². The van der Waals surface area contributed by atoms with Crippen molar-refractivity contribution in [1.29, 1.82) is 0 Å². The zero-order valence-corrected chi connectivity index (χ0v) is 10.0. The number of Topliss-reactive ketones (excluding diaryl/α,β-unsaturated/α-hetero) is 1. The zero-order chi connectivity index (χ0) is 12.6. The number of ketones is 1. The molecule has 0 aliphatic heterocycles. The largest absolute Gasteiger partial charge is 0.465 e. The molecule has 0 radical (unpaired) electrons.